The van der Waals surface area contributed by atoms with Gasteiger partial charge in [0.2, 0.25) is 0 Å². The molecule has 3 rings (SSSR count). The lowest BCUT2D eigenvalue weighted by Gasteiger charge is -2.16. The Kier molecular flexibility index (Phi) is 6.77. The van der Waals surface area contributed by atoms with Gasteiger partial charge in [-0.15, -0.1) is 16.8 Å². The standard InChI is InChI=1S/C24H27N3O2S/c1-7-12-27-23(19-10-8-9-11-21(19)29-6)25-26-24(27)30-14-20-15(2)13-16(3)22(17(20)4)18(5)28/h7-11,13H,1,12,14H2,2-6H3. The second kappa shape index (κ2) is 9.30. The molecule has 6 heteroatoms. The lowest BCUT2D eigenvalue weighted by molar-refractivity contribution is 0.101. The second-order valence-corrected chi connectivity index (χ2v) is 8.18. The van der Waals surface area contributed by atoms with E-state index in [1.54, 1.807) is 25.8 Å². The van der Waals surface area contributed by atoms with Crippen LogP contribution >= 0.6 is 11.8 Å². The minimum Gasteiger partial charge on any atom is -0.496 e. The summed E-state index contributed by atoms with van der Waals surface area (Å²) in [5, 5.41) is 9.69. The summed E-state index contributed by atoms with van der Waals surface area (Å²) in [5.41, 5.74) is 6.14. The predicted molar refractivity (Wildman–Crippen MR) is 122 cm³/mol. The first-order valence-electron chi connectivity index (χ1n) is 9.79. The number of allylic oxidation sites excluding steroid dienone is 1. The molecule has 0 amide bonds. The highest BCUT2D eigenvalue weighted by molar-refractivity contribution is 7.98. The molecule has 1 heterocycles. The number of nitrogens with zero attached hydrogens (tertiary/aromatic N) is 3. The van der Waals surface area contributed by atoms with Crippen LogP contribution in [-0.2, 0) is 12.3 Å². The van der Waals surface area contributed by atoms with Gasteiger partial charge in [0, 0.05) is 17.9 Å². The molecular formula is C24H27N3O2S. The number of ether oxygens (including phenoxy) is 1. The van der Waals surface area contributed by atoms with Gasteiger partial charge >= 0.3 is 0 Å². The number of hydrogen-bond donors (Lipinski definition) is 0. The molecule has 0 saturated heterocycles. The molecule has 0 saturated carbocycles. The lowest BCUT2D eigenvalue weighted by Crippen LogP contribution is -2.06. The largest absolute Gasteiger partial charge is 0.496 e. The second-order valence-electron chi connectivity index (χ2n) is 7.24. The normalized spacial score (nSPS) is 10.8. The summed E-state index contributed by atoms with van der Waals surface area (Å²) in [6.45, 7) is 12.2. The number of hydrogen-bond acceptors (Lipinski definition) is 5. The van der Waals surface area contributed by atoms with Crippen LogP contribution in [0.25, 0.3) is 11.4 Å². The summed E-state index contributed by atoms with van der Waals surface area (Å²) in [5.74, 6) is 2.31. The fraction of sp³-hybridized carbons (Fsp3) is 0.292. The lowest BCUT2D eigenvalue weighted by atomic mass is 9.92. The van der Waals surface area contributed by atoms with Crippen LogP contribution in [0, 0.1) is 20.8 Å². The van der Waals surface area contributed by atoms with Gasteiger partial charge in [0.1, 0.15) is 5.75 Å². The van der Waals surface area contributed by atoms with Gasteiger partial charge in [0.25, 0.3) is 0 Å². The van der Waals surface area contributed by atoms with Gasteiger partial charge in [-0.25, -0.2) is 0 Å². The van der Waals surface area contributed by atoms with E-state index in [0.29, 0.717) is 12.3 Å². The highest BCUT2D eigenvalue weighted by Crippen LogP contribution is 2.33. The number of ketones is 1. The molecule has 0 N–H and O–H groups in total. The number of thioether (sulfide) groups is 1. The van der Waals surface area contributed by atoms with E-state index in [0.717, 1.165) is 39.0 Å². The molecule has 0 spiro atoms. The molecule has 3 aromatic rings. The van der Waals surface area contributed by atoms with Crippen LogP contribution in [0.3, 0.4) is 0 Å². The van der Waals surface area contributed by atoms with Gasteiger partial charge < -0.3 is 4.74 Å². The number of carbonyl (C=O) groups is 1. The zero-order chi connectivity index (χ0) is 21.8. The number of benzene rings is 2. The quantitative estimate of drug-likeness (QED) is 0.271. The third-order valence-electron chi connectivity index (χ3n) is 5.21. The van der Waals surface area contributed by atoms with E-state index in [-0.39, 0.29) is 5.78 Å². The van der Waals surface area contributed by atoms with Crippen molar-refractivity contribution in [3.63, 3.8) is 0 Å². The van der Waals surface area contributed by atoms with Crippen LogP contribution in [0.1, 0.15) is 39.5 Å². The highest BCUT2D eigenvalue weighted by Gasteiger charge is 2.19. The molecule has 0 atom stereocenters. The van der Waals surface area contributed by atoms with E-state index < -0.39 is 0 Å². The van der Waals surface area contributed by atoms with E-state index in [9.17, 15) is 4.79 Å². The zero-order valence-electron chi connectivity index (χ0n) is 18.2. The highest BCUT2D eigenvalue weighted by atomic mass is 32.2. The molecule has 0 unspecified atom stereocenters. The van der Waals surface area contributed by atoms with Crippen LogP contribution in [0.5, 0.6) is 5.75 Å². The van der Waals surface area contributed by atoms with Crippen molar-refractivity contribution in [1.82, 2.24) is 14.8 Å². The maximum absolute atomic E-state index is 12.1. The molecule has 156 valence electrons. The van der Waals surface area contributed by atoms with E-state index in [4.69, 9.17) is 4.74 Å². The van der Waals surface area contributed by atoms with Crippen molar-refractivity contribution in [2.45, 2.75) is 45.1 Å². The Balaban J connectivity index is 1.98. The number of carbonyl (C=O) groups excluding carboxylic acids is 1. The van der Waals surface area contributed by atoms with Gasteiger partial charge in [0.05, 0.1) is 12.7 Å². The van der Waals surface area contributed by atoms with Crippen LogP contribution in [-0.4, -0.2) is 27.7 Å². The maximum Gasteiger partial charge on any atom is 0.192 e. The Labute approximate surface area is 182 Å². The average molecular weight is 422 g/mol. The molecule has 0 bridgehead atoms. The molecule has 0 radical (unpaired) electrons. The van der Waals surface area contributed by atoms with Crippen molar-refractivity contribution in [2.75, 3.05) is 7.11 Å². The maximum atomic E-state index is 12.1. The third kappa shape index (κ3) is 4.19. The zero-order valence-corrected chi connectivity index (χ0v) is 19.0. The number of aryl methyl sites for hydroxylation is 2. The van der Waals surface area contributed by atoms with Crippen molar-refractivity contribution in [1.29, 1.82) is 0 Å². The molecule has 0 aliphatic carbocycles. The molecule has 2 aromatic carbocycles. The van der Waals surface area contributed by atoms with Crippen molar-refractivity contribution >= 4 is 17.5 Å². The van der Waals surface area contributed by atoms with Gasteiger partial charge in [0.15, 0.2) is 16.8 Å². The Bertz CT molecular complexity index is 1100. The SMILES string of the molecule is C=CCn1c(SCc2c(C)cc(C)c(C(C)=O)c2C)nnc1-c1ccccc1OC. The molecule has 1 aromatic heterocycles. The molecule has 0 fully saturated rings. The smallest absolute Gasteiger partial charge is 0.192 e. The van der Waals surface area contributed by atoms with E-state index >= 15 is 0 Å². The predicted octanol–water partition coefficient (Wildman–Crippen LogP) is 5.56. The number of Topliss-reactive ketones (excluding diaryl/α,β-unsaturated/α-hetero) is 1. The molecule has 0 aliphatic rings. The first-order valence-corrected chi connectivity index (χ1v) is 10.8. The van der Waals surface area contributed by atoms with Crippen LogP contribution in [0.2, 0.25) is 0 Å². The van der Waals surface area contributed by atoms with E-state index in [2.05, 4.69) is 29.8 Å². The summed E-state index contributed by atoms with van der Waals surface area (Å²) in [4.78, 5) is 12.1. The minimum atomic E-state index is 0.101. The molecular weight excluding hydrogens is 394 g/mol. The van der Waals surface area contributed by atoms with Crippen molar-refractivity contribution in [2.24, 2.45) is 0 Å². The number of rotatable bonds is 8. The molecule has 5 nitrogen and oxygen atoms in total. The number of methoxy groups -OCH3 is 1. The van der Waals surface area contributed by atoms with Crippen LogP contribution < -0.4 is 4.74 Å². The Morgan fingerprint density at radius 3 is 2.60 bits per heavy atom. The fourth-order valence-electron chi connectivity index (χ4n) is 3.84. The monoisotopic (exact) mass is 421 g/mol. The topological polar surface area (TPSA) is 57.0 Å². The Morgan fingerprint density at radius 1 is 1.20 bits per heavy atom. The minimum absolute atomic E-state index is 0.101. The van der Waals surface area contributed by atoms with Gasteiger partial charge in [-0.3, -0.25) is 9.36 Å². The molecule has 0 aliphatic heterocycles. The average Bonchev–Trinajstić information content (AvgIpc) is 3.10. The summed E-state index contributed by atoms with van der Waals surface area (Å²) in [6.07, 6.45) is 1.84. The summed E-state index contributed by atoms with van der Waals surface area (Å²) in [7, 11) is 1.65. The first-order chi connectivity index (χ1) is 14.4. The van der Waals surface area contributed by atoms with Crippen molar-refractivity contribution < 1.29 is 9.53 Å². The van der Waals surface area contributed by atoms with Crippen LogP contribution in [0.4, 0.5) is 0 Å². The van der Waals surface area contributed by atoms with E-state index in [1.165, 1.54) is 11.1 Å². The van der Waals surface area contributed by atoms with Crippen molar-refractivity contribution in [3.8, 4) is 17.1 Å². The third-order valence-corrected chi connectivity index (χ3v) is 6.20. The van der Waals surface area contributed by atoms with Gasteiger partial charge in [-0.1, -0.05) is 36.0 Å². The Hall–Kier alpha value is -2.86. The number of aromatic nitrogens is 3. The van der Waals surface area contributed by atoms with E-state index in [1.807, 2.05) is 48.8 Å². The number of para-hydroxylation sites is 1. The summed E-state index contributed by atoms with van der Waals surface area (Å²) < 4.78 is 7.55. The summed E-state index contributed by atoms with van der Waals surface area (Å²) >= 11 is 1.61. The first kappa shape index (κ1) is 21.8. The fourth-order valence-corrected chi connectivity index (χ4v) is 4.98. The van der Waals surface area contributed by atoms with Gasteiger partial charge in [-0.05, 0) is 62.1 Å². The van der Waals surface area contributed by atoms with Crippen LogP contribution in [0.15, 0.2) is 48.1 Å². The Morgan fingerprint density at radius 2 is 1.93 bits per heavy atom. The summed E-state index contributed by atoms with van der Waals surface area (Å²) in [6, 6.07) is 9.87. The molecule has 30 heavy (non-hydrogen) atoms. The van der Waals surface area contributed by atoms with Gasteiger partial charge in [-0.2, -0.15) is 0 Å². The van der Waals surface area contributed by atoms with Crippen molar-refractivity contribution in [3.05, 3.63) is 70.8 Å².